The lowest BCUT2D eigenvalue weighted by molar-refractivity contribution is -0.130. The Hall–Kier alpha value is -3.28. The molecule has 238 valence electrons. The van der Waals surface area contributed by atoms with E-state index >= 15 is 4.39 Å². The molecular weight excluding hydrogens is 594 g/mol. The van der Waals surface area contributed by atoms with Gasteiger partial charge in [0, 0.05) is 97.2 Å². The Balaban J connectivity index is 1.34. The molecule has 0 spiro atoms. The number of amides is 1. The summed E-state index contributed by atoms with van der Waals surface area (Å²) in [4.78, 5) is 41.3. The average molecular weight is 635 g/mol. The van der Waals surface area contributed by atoms with Crippen molar-refractivity contribution in [3.8, 4) is 11.1 Å². The number of benzene rings is 2. The van der Waals surface area contributed by atoms with Crippen LogP contribution in [0.15, 0.2) is 46.6 Å². The van der Waals surface area contributed by atoms with Gasteiger partial charge in [-0.05, 0) is 63.5 Å². The maximum Gasteiger partial charge on any atom is 0.350 e. The van der Waals surface area contributed by atoms with E-state index in [0.29, 0.717) is 35.8 Å². The number of piperazine rings is 2. The highest BCUT2D eigenvalue weighted by atomic mass is 32.2. The maximum absolute atomic E-state index is 15.3. The highest BCUT2D eigenvalue weighted by Gasteiger charge is 2.37. The topological polar surface area (TPSA) is 64.9 Å². The van der Waals surface area contributed by atoms with Gasteiger partial charge in [0.1, 0.15) is 17.5 Å². The summed E-state index contributed by atoms with van der Waals surface area (Å²) in [6, 6.07) is 6.12. The minimum Gasteiger partial charge on any atom is -0.352 e. The molecular formula is C34H40F2N6O2S. The fourth-order valence-electron chi connectivity index (χ4n) is 7.71. The number of hydrogen-bond donors (Lipinski definition) is 0. The highest BCUT2D eigenvalue weighted by Crippen LogP contribution is 2.46. The summed E-state index contributed by atoms with van der Waals surface area (Å²) in [5, 5.41) is 0.840. The van der Waals surface area contributed by atoms with E-state index in [0.717, 1.165) is 66.2 Å². The number of halogens is 2. The first-order valence-electron chi connectivity index (χ1n) is 16.0. The fourth-order valence-corrected chi connectivity index (χ4v) is 9.08. The van der Waals surface area contributed by atoms with Crippen LogP contribution in [0.4, 0.5) is 14.6 Å². The summed E-state index contributed by atoms with van der Waals surface area (Å²) in [5.74, 6) is -0.122. The van der Waals surface area contributed by atoms with Crippen LogP contribution in [0, 0.1) is 18.6 Å². The first-order chi connectivity index (χ1) is 21.6. The third-order valence-corrected chi connectivity index (χ3v) is 11.2. The molecule has 2 saturated heterocycles. The molecule has 4 aliphatic rings. The third kappa shape index (κ3) is 5.46. The smallest absolute Gasteiger partial charge is 0.350 e. The molecule has 4 heterocycles. The molecule has 45 heavy (non-hydrogen) atoms. The summed E-state index contributed by atoms with van der Waals surface area (Å²) in [5.41, 5.74) is 2.29. The summed E-state index contributed by atoms with van der Waals surface area (Å²) in [6.45, 7) is 15.4. The van der Waals surface area contributed by atoms with Gasteiger partial charge in [0.25, 0.3) is 0 Å². The van der Waals surface area contributed by atoms with Crippen LogP contribution < -0.4 is 10.6 Å². The molecule has 7 rings (SSSR count). The van der Waals surface area contributed by atoms with E-state index in [4.69, 9.17) is 4.98 Å². The molecule has 1 saturated carbocycles. The monoisotopic (exact) mass is 634 g/mol. The van der Waals surface area contributed by atoms with E-state index in [2.05, 4.69) is 21.3 Å². The van der Waals surface area contributed by atoms with Gasteiger partial charge in [-0.3, -0.25) is 19.2 Å². The molecule has 3 aromatic rings. The van der Waals surface area contributed by atoms with Gasteiger partial charge < -0.3 is 9.80 Å². The average Bonchev–Trinajstić information content (AvgIpc) is 3.85. The third-order valence-electron chi connectivity index (χ3n) is 9.91. The lowest BCUT2D eigenvalue weighted by atomic mass is 9.96. The first kappa shape index (κ1) is 30.4. The van der Waals surface area contributed by atoms with Crippen molar-refractivity contribution < 1.29 is 13.6 Å². The van der Waals surface area contributed by atoms with E-state index in [1.807, 2.05) is 36.3 Å². The van der Waals surface area contributed by atoms with E-state index in [1.54, 1.807) is 11.8 Å². The van der Waals surface area contributed by atoms with Crippen LogP contribution >= 0.6 is 11.8 Å². The van der Waals surface area contributed by atoms with Crippen LogP contribution in [0.2, 0.25) is 0 Å². The summed E-state index contributed by atoms with van der Waals surface area (Å²) in [6.07, 6.45) is 3.95. The molecule has 11 heteroatoms. The molecule has 3 aliphatic heterocycles. The van der Waals surface area contributed by atoms with Crippen molar-refractivity contribution in [1.82, 2.24) is 24.3 Å². The zero-order chi connectivity index (χ0) is 31.6. The zero-order valence-corrected chi connectivity index (χ0v) is 27.0. The predicted octanol–water partition coefficient (Wildman–Crippen LogP) is 4.69. The van der Waals surface area contributed by atoms with E-state index in [9.17, 15) is 14.0 Å². The SMILES string of the molecule is C=CC(=O)N1[C@H](C)CN(c2nc(=O)n3c4c(c(-c5ccc(F)cc5F)c(C)cc24)SC[C@@H]3CN2CCN(C3CC3)CC2)C[C@@H]1C. The van der Waals surface area contributed by atoms with Crippen molar-refractivity contribution >= 4 is 34.4 Å². The number of anilines is 1. The predicted molar refractivity (Wildman–Crippen MR) is 175 cm³/mol. The Morgan fingerprint density at radius 3 is 2.44 bits per heavy atom. The van der Waals surface area contributed by atoms with Gasteiger partial charge in [0.2, 0.25) is 5.91 Å². The van der Waals surface area contributed by atoms with Crippen molar-refractivity contribution in [2.75, 3.05) is 56.5 Å². The molecule has 1 amide bonds. The molecule has 3 atom stereocenters. The molecule has 0 radical (unpaired) electrons. The molecule has 8 nitrogen and oxygen atoms in total. The lowest BCUT2D eigenvalue weighted by Crippen LogP contribution is -2.58. The molecule has 3 fully saturated rings. The summed E-state index contributed by atoms with van der Waals surface area (Å²) < 4.78 is 31.1. The molecule has 1 aliphatic carbocycles. The second kappa shape index (κ2) is 11.8. The van der Waals surface area contributed by atoms with Gasteiger partial charge >= 0.3 is 5.69 Å². The van der Waals surface area contributed by atoms with Crippen molar-refractivity contribution in [3.05, 3.63) is 64.6 Å². The molecule has 0 N–H and O–H groups in total. The fraction of sp³-hybridized carbons (Fsp3) is 0.500. The Kier molecular flexibility index (Phi) is 7.98. The van der Waals surface area contributed by atoms with Crippen LogP contribution in [0.3, 0.4) is 0 Å². The van der Waals surface area contributed by atoms with Gasteiger partial charge in [0.15, 0.2) is 0 Å². The standard InChI is InChI=1S/C34H40F2N6O2S/c1-5-29(43)41-21(3)16-40(17-22(41)4)33-27-14-20(2)30(26-9-6-23(35)15-28(26)36)32-31(27)42(34(44)37-33)25(19-45-32)18-38-10-12-39(13-11-38)24-7-8-24/h5-6,9,14-15,21-22,24-25H,1,7-8,10-13,16-19H2,2-4H3/t21-,22+,25-/m0/s1. The number of rotatable bonds is 6. The molecule has 1 aromatic heterocycles. The number of carbonyl (C=O) groups is 1. The van der Waals surface area contributed by atoms with Gasteiger partial charge in [-0.15, -0.1) is 11.8 Å². The number of carbonyl (C=O) groups excluding carboxylic acids is 1. The number of nitrogens with zero attached hydrogens (tertiary/aromatic N) is 6. The first-order valence-corrected chi connectivity index (χ1v) is 17.0. The maximum atomic E-state index is 15.3. The van der Waals surface area contributed by atoms with Crippen LogP contribution in [0.25, 0.3) is 22.0 Å². The van der Waals surface area contributed by atoms with Crippen LogP contribution in [-0.4, -0.2) is 99.8 Å². The van der Waals surface area contributed by atoms with Crippen LogP contribution in [0.5, 0.6) is 0 Å². The van der Waals surface area contributed by atoms with Gasteiger partial charge in [-0.2, -0.15) is 4.98 Å². The normalized spacial score (nSPS) is 24.3. The van der Waals surface area contributed by atoms with Crippen molar-refractivity contribution in [2.45, 2.75) is 62.7 Å². The molecule has 2 aromatic carbocycles. The van der Waals surface area contributed by atoms with E-state index in [1.165, 1.54) is 31.1 Å². The van der Waals surface area contributed by atoms with Crippen molar-refractivity contribution in [3.63, 3.8) is 0 Å². The quantitative estimate of drug-likeness (QED) is 0.365. The van der Waals surface area contributed by atoms with Crippen LogP contribution in [-0.2, 0) is 4.79 Å². The minimum absolute atomic E-state index is 0.0972. The molecule has 0 bridgehead atoms. The number of aryl methyl sites for hydroxylation is 1. The Morgan fingerprint density at radius 2 is 1.80 bits per heavy atom. The number of thioether (sulfide) groups is 1. The Labute approximate surface area is 266 Å². The zero-order valence-electron chi connectivity index (χ0n) is 26.1. The van der Waals surface area contributed by atoms with Gasteiger partial charge in [-0.25, -0.2) is 13.6 Å². The Morgan fingerprint density at radius 1 is 1.09 bits per heavy atom. The van der Waals surface area contributed by atoms with Crippen LogP contribution in [0.1, 0.15) is 38.3 Å². The van der Waals surface area contributed by atoms with E-state index in [-0.39, 0.29) is 29.7 Å². The second-order valence-electron chi connectivity index (χ2n) is 13.1. The second-order valence-corrected chi connectivity index (χ2v) is 14.1. The summed E-state index contributed by atoms with van der Waals surface area (Å²) in [7, 11) is 0. The Bertz CT molecular complexity index is 1720. The minimum atomic E-state index is -0.626. The summed E-state index contributed by atoms with van der Waals surface area (Å²) >= 11 is 1.65. The largest absolute Gasteiger partial charge is 0.352 e. The highest BCUT2D eigenvalue weighted by molar-refractivity contribution is 7.99. The van der Waals surface area contributed by atoms with Crippen molar-refractivity contribution in [2.24, 2.45) is 0 Å². The van der Waals surface area contributed by atoms with E-state index < -0.39 is 11.6 Å². The van der Waals surface area contributed by atoms with Gasteiger partial charge in [0.05, 0.1) is 11.6 Å². The number of aromatic nitrogens is 2. The van der Waals surface area contributed by atoms with Crippen molar-refractivity contribution in [1.29, 1.82) is 0 Å². The number of hydrogen-bond acceptors (Lipinski definition) is 7. The lowest BCUT2D eigenvalue weighted by Gasteiger charge is -2.45. The molecule has 0 unspecified atom stereocenters. The van der Waals surface area contributed by atoms with Gasteiger partial charge in [-0.1, -0.05) is 6.58 Å².